The smallest absolute Gasteiger partial charge is 0.497 e. The van der Waals surface area contributed by atoms with Crippen LogP contribution in [0.15, 0.2) is 83.2 Å². The number of ether oxygens (including phenoxy) is 2. The first kappa shape index (κ1) is 29.3. The number of carbonyl (C=O) groups excluding carboxylic acids is 2. The Labute approximate surface area is 247 Å². The molecule has 43 heavy (non-hydrogen) atoms. The molecule has 1 aromatic heterocycles. The van der Waals surface area contributed by atoms with E-state index in [-0.39, 0.29) is 22.6 Å². The van der Waals surface area contributed by atoms with Crippen molar-refractivity contribution < 1.29 is 32.2 Å². The van der Waals surface area contributed by atoms with E-state index in [0.717, 1.165) is 17.3 Å². The maximum Gasteiger partial charge on any atom is 0.573 e. The molecule has 1 N–H and O–H groups in total. The molecule has 1 saturated heterocycles. The number of amides is 3. The van der Waals surface area contributed by atoms with E-state index in [0.29, 0.717) is 34.1 Å². The van der Waals surface area contributed by atoms with Gasteiger partial charge < -0.3 is 9.47 Å². The number of alkyl halides is 3. The van der Waals surface area contributed by atoms with Gasteiger partial charge in [-0.15, -0.1) is 18.3 Å². The molecule has 1 aliphatic rings. The van der Waals surface area contributed by atoms with Crippen LogP contribution in [-0.2, 0) is 4.79 Å². The molecule has 5 rings (SSSR count). The Morgan fingerprint density at radius 2 is 1.86 bits per heavy atom. The van der Waals surface area contributed by atoms with Gasteiger partial charge in [-0.3, -0.25) is 9.69 Å². The number of anilines is 1. The molecule has 220 valence electrons. The summed E-state index contributed by atoms with van der Waals surface area (Å²) in [6.45, 7) is 1.83. The molecule has 1 aliphatic heterocycles. The van der Waals surface area contributed by atoms with Crippen molar-refractivity contribution in [2.24, 2.45) is 10.1 Å². The summed E-state index contributed by atoms with van der Waals surface area (Å²) < 4.78 is 47.7. The molecule has 2 heterocycles. The fraction of sp³-hybridized carbons (Fsp3) is 0.143. The first-order valence-corrected chi connectivity index (χ1v) is 13.5. The number of hydrogen-bond donors (Lipinski definition) is 1. The Kier molecular flexibility index (Phi) is 8.43. The van der Waals surface area contributed by atoms with Crippen LogP contribution < -0.4 is 19.8 Å². The average Bonchev–Trinajstić information content (AvgIpc) is 3.60. The topological polar surface area (TPSA) is 123 Å². The number of nitrogens with zero attached hydrogens (tertiary/aromatic N) is 6. The molecule has 0 aliphatic carbocycles. The average molecular weight is 610 g/mol. The van der Waals surface area contributed by atoms with Crippen molar-refractivity contribution >= 4 is 40.8 Å². The van der Waals surface area contributed by atoms with Gasteiger partial charge in [-0.1, -0.05) is 30.0 Å². The Morgan fingerprint density at radius 1 is 1.09 bits per heavy atom. The molecule has 3 aromatic carbocycles. The number of rotatable bonds is 7. The van der Waals surface area contributed by atoms with Crippen LogP contribution in [0.5, 0.6) is 11.5 Å². The predicted molar refractivity (Wildman–Crippen MR) is 155 cm³/mol. The summed E-state index contributed by atoms with van der Waals surface area (Å²) in [6.07, 6.45) is -1.94. The lowest BCUT2D eigenvalue weighted by Crippen LogP contribution is -2.31. The second-order valence-electron chi connectivity index (χ2n) is 8.92. The minimum absolute atomic E-state index is 0.148. The first-order chi connectivity index (χ1) is 20.6. The number of nitrogens with one attached hydrogen (secondary N) is 1. The van der Waals surface area contributed by atoms with Gasteiger partial charge in [-0.2, -0.15) is 10.1 Å². The summed E-state index contributed by atoms with van der Waals surface area (Å²) in [6, 6.07) is 16.7. The lowest BCUT2D eigenvalue weighted by atomic mass is 10.1. The predicted octanol–water partition coefficient (Wildman–Crippen LogP) is 5.33. The Hall–Kier alpha value is -5.18. The number of aromatic nitrogens is 3. The second-order valence-corrected chi connectivity index (χ2v) is 9.86. The number of amidine groups is 1. The Bertz CT molecular complexity index is 1720. The van der Waals surface area contributed by atoms with Crippen LogP contribution in [0.3, 0.4) is 0 Å². The van der Waals surface area contributed by atoms with Crippen LogP contribution in [0, 0.1) is 6.92 Å². The molecule has 0 unspecified atom stereocenters. The van der Waals surface area contributed by atoms with Gasteiger partial charge in [0.05, 0.1) is 30.5 Å². The Balaban J connectivity index is 1.24. The minimum Gasteiger partial charge on any atom is -0.497 e. The SMILES string of the molecule is COc1ccc(N2C(=O)CS/C2=N\C(=O)N/N=C/c2cccc(-c3ncn(-c4ccc(OC(F)(F)F)cc4)n3)c2)c(C)c1. The summed E-state index contributed by atoms with van der Waals surface area (Å²) in [5, 5.41) is 8.58. The number of thioether (sulfide) groups is 1. The van der Waals surface area contributed by atoms with E-state index in [1.165, 1.54) is 46.4 Å². The first-order valence-electron chi connectivity index (χ1n) is 12.5. The molecule has 0 bridgehead atoms. The van der Waals surface area contributed by atoms with Gasteiger partial charge in [0.15, 0.2) is 11.0 Å². The highest BCUT2D eigenvalue weighted by molar-refractivity contribution is 8.15. The Morgan fingerprint density at radius 3 is 2.58 bits per heavy atom. The lowest BCUT2D eigenvalue weighted by molar-refractivity contribution is -0.274. The monoisotopic (exact) mass is 609 g/mol. The number of urea groups is 1. The second kappa shape index (κ2) is 12.4. The molecule has 4 aromatic rings. The van der Waals surface area contributed by atoms with Gasteiger partial charge in [0.25, 0.3) is 0 Å². The van der Waals surface area contributed by atoms with Crippen molar-refractivity contribution in [3.8, 4) is 28.6 Å². The van der Waals surface area contributed by atoms with E-state index in [4.69, 9.17) is 4.74 Å². The molecule has 1 fully saturated rings. The van der Waals surface area contributed by atoms with Crippen LogP contribution in [0.1, 0.15) is 11.1 Å². The number of carbonyl (C=O) groups is 2. The standard InChI is InChI=1S/C28H22F3N7O4S/c1-17-12-22(41-2)10-11-23(17)38-24(39)15-43-27(38)34-26(40)35-33-14-18-4-3-5-19(13-18)25-32-16-37(36-25)20-6-8-21(9-7-20)42-28(29,30)31/h3-14,16H,15H2,1-2H3,(H,35,40)/b33-14+,34-27-. The normalized spacial score (nSPS) is 14.5. The van der Waals surface area contributed by atoms with Crippen LogP contribution >= 0.6 is 11.8 Å². The molecule has 0 atom stereocenters. The quantitative estimate of drug-likeness (QED) is 0.222. The summed E-state index contributed by atoms with van der Waals surface area (Å²) in [7, 11) is 1.55. The zero-order valence-corrected chi connectivity index (χ0v) is 23.4. The van der Waals surface area contributed by atoms with E-state index < -0.39 is 12.4 Å². The van der Waals surface area contributed by atoms with Crippen molar-refractivity contribution in [3.05, 3.63) is 84.2 Å². The number of hydrazone groups is 1. The van der Waals surface area contributed by atoms with Gasteiger partial charge in [-0.05, 0) is 66.6 Å². The van der Waals surface area contributed by atoms with Crippen molar-refractivity contribution in [3.63, 3.8) is 0 Å². The lowest BCUT2D eigenvalue weighted by Gasteiger charge is -2.18. The van der Waals surface area contributed by atoms with E-state index in [9.17, 15) is 22.8 Å². The molecular formula is C28H22F3N7O4S. The molecule has 15 heteroatoms. The van der Waals surface area contributed by atoms with Gasteiger partial charge in [0.2, 0.25) is 5.91 Å². The maximum absolute atomic E-state index is 12.5. The molecule has 0 radical (unpaired) electrons. The van der Waals surface area contributed by atoms with Gasteiger partial charge in [-0.25, -0.2) is 19.9 Å². The highest BCUT2D eigenvalue weighted by atomic mass is 32.2. The zero-order chi connectivity index (χ0) is 30.6. The number of aliphatic imine (C=N–C) groups is 1. The fourth-order valence-electron chi connectivity index (χ4n) is 4.04. The number of halogens is 3. The van der Waals surface area contributed by atoms with Crippen molar-refractivity contribution in [2.45, 2.75) is 13.3 Å². The highest BCUT2D eigenvalue weighted by Crippen LogP contribution is 2.31. The summed E-state index contributed by atoms with van der Waals surface area (Å²) in [5.41, 5.74) is 5.47. The van der Waals surface area contributed by atoms with Crippen LogP contribution in [0.2, 0.25) is 0 Å². The van der Waals surface area contributed by atoms with Gasteiger partial charge in [0.1, 0.15) is 17.8 Å². The van der Waals surface area contributed by atoms with Crippen molar-refractivity contribution in [1.29, 1.82) is 0 Å². The molecule has 11 nitrogen and oxygen atoms in total. The van der Waals surface area contributed by atoms with Crippen LogP contribution in [-0.4, -0.2) is 57.3 Å². The van der Waals surface area contributed by atoms with E-state index in [1.807, 2.05) is 6.92 Å². The number of methoxy groups -OCH3 is 1. The maximum atomic E-state index is 12.5. The van der Waals surface area contributed by atoms with Crippen molar-refractivity contribution in [1.82, 2.24) is 20.2 Å². The van der Waals surface area contributed by atoms with Crippen LogP contribution in [0.25, 0.3) is 17.1 Å². The summed E-state index contributed by atoms with van der Waals surface area (Å²) in [4.78, 5) is 34.7. The van der Waals surface area contributed by atoms with Gasteiger partial charge >= 0.3 is 12.4 Å². The third-order valence-corrected chi connectivity index (χ3v) is 6.88. The van der Waals surface area contributed by atoms with E-state index in [2.05, 4.69) is 30.3 Å². The largest absolute Gasteiger partial charge is 0.573 e. The van der Waals surface area contributed by atoms with Crippen molar-refractivity contribution in [2.75, 3.05) is 17.8 Å². The summed E-state index contributed by atoms with van der Waals surface area (Å²) in [5.74, 6) is 0.608. The third-order valence-electron chi connectivity index (χ3n) is 5.95. The van der Waals surface area contributed by atoms with E-state index >= 15 is 0 Å². The molecule has 3 amide bonds. The fourth-order valence-corrected chi connectivity index (χ4v) is 4.90. The van der Waals surface area contributed by atoms with Crippen LogP contribution in [0.4, 0.5) is 23.7 Å². The third kappa shape index (κ3) is 7.19. The number of aryl methyl sites for hydroxylation is 1. The highest BCUT2D eigenvalue weighted by Gasteiger charge is 2.32. The number of benzene rings is 3. The van der Waals surface area contributed by atoms with Gasteiger partial charge in [0, 0.05) is 5.56 Å². The summed E-state index contributed by atoms with van der Waals surface area (Å²) >= 11 is 1.15. The molecular weight excluding hydrogens is 587 g/mol. The molecule has 0 saturated carbocycles. The zero-order valence-electron chi connectivity index (χ0n) is 22.6. The minimum atomic E-state index is -4.78. The molecule has 0 spiro atoms. The number of hydrogen-bond acceptors (Lipinski definition) is 8. The van der Waals surface area contributed by atoms with E-state index in [1.54, 1.807) is 49.6 Å².